The number of benzene rings is 1. The van der Waals surface area contributed by atoms with E-state index in [1.807, 2.05) is 13.8 Å². The van der Waals surface area contributed by atoms with Crippen LogP contribution in [0.2, 0.25) is 5.02 Å². The molecule has 3 heterocycles. The van der Waals surface area contributed by atoms with E-state index in [4.69, 9.17) is 21.1 Å². The lowest BCUT2D eigenvalue weighted by Crippen LogP contribution is -2.48. The van der Waals surface area contributed by atoms with Gasteiger partial charge < -0.3 is 19.9 Å². The van der Waals surface area contributed by atoms with Gasteiger partial charge in [0.15, 0.2) is 11.5 Å². The first-order valence-electron chi connectivity index (χ1n) is 11.7. The maximum absolute atomic E-state index is 13.0. The van der Waals surface area contributed by atoms with Gasteiger partial charge in [-0.15, -0.1) is 0 Å². The number of piperidine rings is 1. The van der Waals surface area contributed by atoms with Crippen molar-refractivity contribution < 1.29 is 19.4 Å². The number of aliphatic hydroxyl groups is 1. The lowest BCUT2D eigenvalue weighted by Gasteiger charge is -2.36. The van der Waals surface area contributed by atoms with Crippen molar-refractivity contribution in [1.82, 2.24) is 20.0 Å². The number of hydrogen-bond donors (Lipinski definition) is 2. The molecule has 1 amide bonds. The van der Waals surface area contributed by atoms with Crippen molar-refractivity contribution in [2.45, 2.75) is 39.3 Å². The van der Waals surface area contributed by atoms with Crippen LogP contribution in [0.5, 0.6) is 11.5 Å². The molecule has 10 heteroatoms. The van der Waals surface area contributed by atoms with Crippen molar-refractivity contribution in [3.63, 3.8) is 0 Å². The molecule has 0 spiro atoms. The topological polar surface area (TPSA) is 106 Å². The summed E-state index contributed by atoms with van der Waals surface area (Å²) >= 11 is 6.34. The third-order valence-corrected chi connectivity index (χ3v) is 6.80. The van der Waals surface area contributed by atoms with Gasteiger partial charge in [0, 0.05) is 48.6 Å². The quantitative estimate of drug-likeness (QED) is 0.635. The highest BCUT2D eigenvalue weighted by atomic mass is 35.5. The second-order valence-electron chi connectivity index (χ2n) is 8.90. The molecule has 1 fully saturated rings. The summed E-state index contributed by atoms with van der Waals surface area (Å²) < 4.78 is 13.0. The minimum absolute atomic E-state index is 0.0725. The van der Waals surface area contributed by atoms with E-state index in [2.05, 4.69) is 15.3 Å². The molecule has 2 aliphatic rings. The van der Waals surface area contributed by atoms with Crippen molar-refractivity contribution in [2.75, 3.05) is 39.4 Å². The molecule has 0 saturated carbocycles. The summed E-state index contributed by atoms with van der Waals surface area (Å²) in [7, 11) is 0. The lowest BCUT2D eigenvalue weighted by molar-refractivity contribution is 0.0204. The SMILES string of the molecule is Cc1ccc(=O)n(CCN2CCC(CNC(=O)c3cc(Cl)c(C)c4c3OCCCO4)C(O)C2)n1. The van der Waals surface area contributed by atoms with Gasteiger partial charge in [0.1, 0.15) is 0 Å². The fourth-order valence-electron chi connectivity index (χ4n) is 4.35. The summed E-state index contributed by atoms with van der Waals surface area (Å²) in [6, 6.07) is 4.83. The van der Waals surface area contributed by atoms with Gasteiger partial charge in [-0.25, -0.2) is 4.68 Å². The highest BCUT2D eigenvalue weighted by Gasteiger charge is 2.29. The average molecular weight is 491 g/mol. The second-order valence-corrected chi connectivity index (χ2v) is 9.31. The number of rotatable bonds is 6. The number of carbonyl (C=O) groups excluding carboxylic acids is 1. The Morgan fingerprint density at radius 1 is 1.24 bits per heavy atom. The molecule has 2 unspecified atom stereocenters. The van der Waals surface area contributed by atoms with Crippen LogP contribution in [0.3, 0.4) is 0 Å². The third-order valence-electron chi connectivity index (χ3n) is 6.41. The number of aliphatic hydroxyl groups excluding tert-OH is 1. The minimum atomic E-state index is -0.588. The Kier molecular flexibility index (Phi) is 7.75. The number of fused-ring (bicyclic) bond motifs is 1. The zero-order valence-corrected chi connectivity index (χ0v) is 20.3. The molecule has 2 aliphatic heterocycles. The Hall–Kier alpha value is -2.62. The minimum Gasteiger partial charge on any atom is -0.489 e. The van der Waals surface area contributed by atoms with E-state index < -0.39 is 6.10 Å². The highest BCUT2D eigenvalue weighted by molar-refractivity contribution is 6.32. The van der Waals surface area contributed by atoms with E-state index in [1.54, 1.807) is 12.1 Å². The average Bonchev–Trinajstić information content (AvgIpc) is 3.07. The number of aromatic nitrogens is 2. The molecule has 184 valence electrons. The number of nitrogens with one attached hydrogen (secondary N) is 1. The van der Waals surface area contributed by atoms with Gasteiger partial charge in [-0.3, -0.25) is 14.5 Å². The van der Waals surface area contributed by atoms with Crippen molar-refractivity contribution in [1.29, 1.82) is 0 Å². The fourth-order valence-corrected chi connectivity index (χ4v) is 4.54. The van der Waals surface area contributed by atoms with Crippen LogP contribution in [0.25, 0.3) is 0 Å². The zero-order chi connectivity index (χ0) is 24.2. The summed E-state index contributed by atoms with van der Waals surface area (Å²) in [5, 5.41) is 18.3. The van der Waals surface area contributed by atoms with Gasteiger partial charge in [-0.1, -0.05) is 11.6 Å². The summed E-state index contributed by atoms with van der Waals surface area (Å²) in [6.45, 7) is 7.34. The Morgan fingerprint density at radius 2 is 2.00 bits per heavy atom. The van der Waals surface area contributed by atoms with Crippen LogP contribution in [-0.2, 0) is 6.54 Å². The van der Waals surface area contributed by atoms with Crippen LogP contribution in [0.4, 0.5) is 0 Å². The molecule has 1 aromatic heterocycles. The number of likely N-dealkylation sites (tertiary alicyclic amines) is 1. The van der Waals surface area contributed by atoms with Crippen LogP contribution in [0, 0.1) is 19.8 Å². The van der Waals surface area contributed by atoms with E-state index in [9.17, 15) is 14.7 Å². The number of halogens is 1. The fraction of sp³-hybridized carbons (Fsp3) is 0.542. The second kappa shape index (κ2) is 10.8. The molecule has 0 bridgehead atoms. The molecule has 4 rings (SSSR count). The highest BCUT2D eigenvalue weighted by Crippen LogP contribution is 2.40. The molecule has 0 radical (unpaired) electrons. The van der Waals surface area contributed by atoms with E-state index in [1.165, 1.54) is 10.7 Å². The first kappa shape index (κ1) is 24.5. The molecular formula is C24H31ClN4O5. The number of hydrogen-bond acceptors (Lipinski definition) is 7. The molecule has 1 saturated heterocycles. The van der Waals surface area contributed by atoms with Gasteiger partial charge in [0.2, 0.25) is 0 Å². The molecule has 1 aromatic carbocycles. The number of amides is 1. The van der Waals surface area contributed by atoms with E-state index in [-0.39, 0.29) is 17.4 Å². The first-order valence-corrected chi connectivity index (χ1v) is 12.0. The standard InChI is InChI=1S/C24H31ClN4O5/c1-15-4-5-21(31)29(27-15)9-8-28-7-6-17(20(30)14-28)13-26-24(32)18-12-19(25)16(2)22-23(18)34-11-3-10-33-22/h4-5,12,17,20,30H,3,6-11,13-14H2,1-2H3,(H,26,32). The van der Waals surface area contributed by atoms with Crippen LogP contribution >= 0.6 is 11.6 Å². The molecule has 34 heavy (non-hydrogen) atoms. The van der Waals surface area contributed by atoms with Gasteiger partial charge in [0.25, 0.3) is 11.5 Å². The van der Waals surface area contributed by atoms with Crippen molar-refractivity contribution in [3.05, 3.63) is 50.4 Å². The third kappa shape index (κ3) is 5.54. The molecule has 2 atom stereocenters. The smallest absolute Gasteiger partial charge is 0.266 e. The number of ether oxygens (including phenoxy) is 2. The summed E-state index contributed by atoms with van der Waals surface area (Å²) in [4.78, 5) is 27.0. The van der Waals surface area contributed by atoms with Gasteiger partial charge >= 0.3 is 0 Å². The lowest BCUT2D eigenvalue weighted by atomic mass is 9.93. The Morgan fingerprint density at radius 3 is 2.76 bits per heavy atom. The molecule has 9 nitrogen and oxygen atoms in total. The Labute approximate surface area is 203 Å². The van der Waals surface area contributed by atoms with Crippen LogP contribution in [0.1, 0.15) is 34.5 Å². The molecular weight excluding hydrogens is 460 g/mol. The van der Waals surface area contributed by atoms with Gasteiger partial charge in [0.05, 0.1) is 37.1 Å². The molecule has 2 N–H and O–H groups in total. The van der Waals surface area contributed by atoms with Crippen LogP contribution in [0.15, 0.2) is 23.0 Å². The van der Waals surface area contributed by atoms with E-state index in [0.717, 1.165) is 30.6 Å². The van der Waals surface area contributed by atoms with Crippen LogP contribution < -0.4 is 20.3 Å². The van der Waals surface area contributed by atoms with Gasteiger partial charge in [-0.2, -0.15) is 5.10 Å². The Balaban J connectivity index is 1.33. The van der Waals surface area contributed by atoms with Crippen molar-refractivity contribution in [2.24, 2.45) is 5.92 Å². The maximum atomic E-state index is 13.0. The first-order chi connectivity index (χ1) is 16.3. The van der Waals surface area contributed by atoms with E-state index >= 15 is 0 Å². The van der Waals surface area contributed by atoms with Crippen LogP contribution in [-0.4, -0.2) is 71.2 Å². The summed E-state index contributed by atoms with van der Waals surface area (Å²) in [5.41, 5.74) is 1.75. The maximum Gasteiger partial charge on any atom is 0.266 e. The molecule has 2 aromatic rings. The predicted molar refractivity (Wildman–Crippen MR) is 128 cm³/mol. The number of carbonyl (C=O) groups is 1. The van der Waals surface area contributed by atoms with Gasteiger partial charge in [-0.05, 0) is 38.9 Å². The van der Waals surface area contributed by atoms with Crippen molar-refractivity contribution in [3.8, 4) is 11.5 Å². The zero-order valence-electron chi connectivity index (χ0n) is 19.6. The normalized spacial score (nSPS) is 20.6. The number of nitrogens with zero attached hydrogens (tertiary/aromatic N) is 3. The Bertz CT molecular complexity index is 1110. The monoisotopic (exact) mass is 490 g/mol. The summed E-state index contributed by atoms with van der Waals surface area (Å²) in [6.07, 6.45) is 0.866. The number of β-amino-alcohol motifs (C(OH)–C–C–N with tert-alkyl or cyclic N) is 1. The molecule has 0 aliphatic carbocycles. The van der Waals surface area contributed by atoms with E-state index in [0.29, 0.717) is 61.5 Å². The van der Waals surface area contributed by atoms with Crippen molar-refractivity contribution >= 4 is 17.5 Å². The number of aryl methyl sites for hydroxylation is 1. The largest absolute Gasteiger partial charge is 0.489 e. The summed E-state index contributed by atoms with van der Waals surface area (Å²) in [5.74, 6) is 0.567. The predicted octanol–water partition coefficient (Wildman–Crippen LogP) is 1.79.